The molecule has 1 saturated heterocycles. The van der Waals surface area contributed by atoms with Crippen LogP contribution in [0.15, 0.2) is 46.1 Å². The lowest BCUT2D eigenvalue weighted by molar-refractivity contribution is -0.384. The predicted molar refractivity (Wildman–Crippen MR) is 100 cm³/mol. The highest BCUT2D eigenvalue weighted by Crippen LogP contribution is 2.45. The molecule has 0 bridgehead atoms. The Hall–Kier alpha value is -2.91. The van der Waals surface area contributed by atoms with Crippen molar-refractivity contribution in [1.29, 1.82) is 0 Å². The van der Waals surface area contributed by atoms with E-state index in [2.05, 4.69) is 4.52 Å². The van der Waals surface area contributed by atoms with Crippen LogP contribution in [0.25, 0.3) is 0 Å². The smallest absolute Gasteiger partial charge is 0.330 e. The molecule has 3 N–H and O–H groups in total. The molecule has 174 valence electrons. The molecule has 1 aliphatic rings. The zero-order valence-corrected chi connectivity index (χ0v) is 16.9. The second-order valence-corrected chi connectivity index (χ2v) is 7.78. The van der Waals surface area contributed by atoms with Gasteiger partial charge < -0.3 is 29.1 Å². The number of non-ortho nitro benzene ring substituents is 1. The highest BCUT2D eigenvalue weighted by atomic mass is 31.2. The molecule has 1 aliphatic heterocycles. The number of nitrogens with zero attached hydrogens (tertiary/aromatic N) is 2. The second kappa shape index (κ2) is 9.70. The molecule has 5 atom stereocenters. The number of H-pyrrole nitrogens is 1. The normalized spacial score (nSPS) is 24.7. The number of nitrogens with one attached hydrogen (secondary N) is 1. The molecular weight excluding hydrogens is 457 g/mol. The third kappa shape index (κ3) is 5.46. The van der Waals surface area contributed by atoms with Crippen molar-refractivity contribution in [2.45, 2.75) is 24.5 Å². The Morgan fingerprint density at radius 3 is 2.53 bits per heavy atom. The van der Waals surface area contributed by atoms with E-state index in [1.165, 1.54) is 12.1 Å². The Labute approximate surface area is 178 Å². The van der Waals surface area contributed by atoms with Crippen LogP contribution in [0.4, 0.5) is 5.69 Å². The third-order valence-corrected chi connectivity index (χ3v) is 5.28. The van der Waals surface area contributed by atoms with Crippen LogP contribution in [0.3, 0.4) is 0 Å². The summed E-state index contributed by atoms with van der Waals surface area (Å²) in [5.74, 6) is 0.0675. The fraction of sp³-hybridized carbons (Fsp3) is 0.375. The Balaban J connectivity index is 1.68. The minimum absolute atomic E-state index is 0.0675. The first-order chi connectivity index (χ1) is 15.1. The topological polar surface area (TPSA) is 216 Å². The van der Waals surface area contributed by atoms with Gasteiger partial charge >= 0.3 is 5.69 Å². The summed E-state index contributed by atoms with van der Waals surface area (Å²) in [7, 11) is -5.15. The number of aromatic amines is 1. The van der Waals surface area contributed by atoms with Crippen LogP contribution in [0.1, 0.15) is 6.23 Å². The van der Waals surface area contributed by atoms with Gasteiger partial charge in [0.2, 0.25) is 0 Å². The number of nitro benzene ring substituents is 1. The molecular formula is C16H17N3O12P-. The van der Waals surface area contributed by atoms with E-state index in [-0.39, 0.29) is 11.4 Å². The van der Waals surface area contributed by atoms with Gasteiger partial charge in [0.1, 0.15) is 24.1 Å². The van der Waals surface area contributed by atoms with Gasteiger partial charge in [0.15, 0.2) is 13.0 Å². The molecule has 1 fully saturated rings. The van der Waals surface area contributed by atoms with E-state index >= 15 is 0 Å². The van der Waals surface area contributed by atoms with E-state index < -0.39 is 61.9 Å². The number of hydrogen-bond donors (Lipinski definition) is 3. The van der Waals surface area contributed by atoms with Gasteiger partial charge in [-0.15, -0.1) is 0 Å². The maximum atomic E-state index is 12.2. The molecule has 0 radical (unpaired) electrons. The summed E-state index contributed by atoms with van der Waals surface area (Å²) < 4.78 is 32.8. The molecule has 0 aliphatic carbocycles. The van der Waals surface area contributed by atoms with Crippen LogP contribution in [0.5, 0.6) is 5.75 Å². The monoisotopic (exact) mass is 474 g/mol. The molecule has 2 aromatic rings. The van der Waals surface area contributed by atoms with Crippen molar-refractivity contribution in [1.82, 2.24) is 9.55 Å². The highest BCUT2D eigenvalue weighted by molar-refractivity contribution is 7.45. The first-order valence-corrected chi connectivity index (χ1v) is 10.3. The summed E-state index contributed by atoms with van der Waals surface area (Å²) in [5, 5.41) is 30.2. The largest absolute Gasteiger partial charge is 0.756 e. The molecule has 1 aromatic carbocycles. The summed E-state index contributed by atoms with van der Waals surface area (Å²) in [6, 6.07) is 5.67. The third-order valence-electron chi connectivity index (χ3n) is 4.35. The predicted octanol–water partition coefficient (Wildman–Crippen LogP) is -1.40. The molecule has 0 spiro atoms. The van der Waals surface area contributed by atoms with Crippen molar-refractivity contribution in [2.75, 3.05) is 13.4 Å². The van der Waals surface area contributed by atoms with Crippen LogP contribution < -0.4 is 20.9 Å². The first kappa shape index (κ1) is 23.7. The van der Waals surface area contributed by atoms with Crippen LogP contribution >= 0.6 is 7.82 Å². The zero-order valence-electron chi connectivity index (χ0n) is 16.0. The van der Waals surface area contributed by atoms with Crippen LogP contribution in [-0.2, 0) is 18.3 Å². The first-order valence-electron chi connectivity index (χ1n) is 8.88. The number of phosphoric ester groups is 1. The number of aliphatic hydroxyl groups excluding tert-OH is 2. The fourth-order valence-corrected chi connectivity index (χ4v) is 3.61. The Bertz CT molecular complexity index is 1120. The molecule has 3 rings (SSSR count). The van der Waals surface area contributed by atoms with Gasteiger partial charge in [0.25, 0.3) is 19.1 Å². The van der Waals surface area contributed by atoms with Gasteiger partial charge in [-0.25, -0.2) is 4.79 Å². The van der Waals surface area contributed by atoms with Crippen molar-refractivity contribution in [3.8, 4) is 5.75 Å². The SMILES string of the molecule is O=c1ccn([C@@H]2O[C@H](CO)[C@@H](O)[C@H]2OP(=O)([O-])OCOc2ccc([N+](=O)[O-])cc2)c(=O)[nH]1. The summed E-state index contributed by atoms with van der Waals surface area (Å²) in [4.78, 5) is 47.4. The van der Waals surface area contributed by atoms with Gasteiger partial charge in [0, 0.05) is 24.4 Å². The van der Waals surface area contributed by atoms with Gasteiger partial charge in [-0.2, -0.15) is 0 Å². The van der Waals surface area contributed by atoms with Crippen LogP contribution in [0, 0.1) is 10.1 Å². The average molecular weight is 474 g/mol. The molecule has 32 heavy (non-hydrogen) atoms. The van der Waals surface area contributed by atoms with Crippen molar-refractivity contribution >= 4 is 13.5 Å². The average Bonchev–Trinajstić information content (AvgIpc) is 3.03. The molecule has 0 amide bonds. The quantitative estimate of drug-likeness (QED) is 0.166. The number of benzene rings is 1. The summed E-state index contributed by atoms with van der Waals surface area (Å²) >= 11 is 0. The van der Waals surface area contributed by atoms with Gasteiger partial charge in [0.05, 0.1) is 11.5 Å². The Morgan fingerprint density at radius 1 is 1.25 bits per heavy atom. The molecule has 15 nitrogen and oxygen atoms in total. The van der Waals surface area contributed by atoms with Crippen molar-refractivity contribution in [3.05, 3.63) is 67.5 Å². The molecule has 1 unspecified atom stereocenters. The maximum Gasteiger partial charge on any atom is 0.330 e. The molecule has 0 saturated carbocycles. The molecule has 1 aromatic heterocycles. The Morgan fingerprint density at radius 2 is 1.94 bits per heavy atom. The number of aromatic nitrogens is 2. The van der Waals surface area contributed by atoms with Gasteiger partial charge in [-0.3, -0.25) is 33.5 Å². The summed E-state index contributed by atoms with van der Waals surface area (Å²) in [6.45, 7) is -1.59. The van der Waals surface area contributed by atoms with Gasteiger partial charge in [-0.1, -0.05) is 0 Å². The molecule has 2 heterocycles. The maximum absolute atomic E-state index is 12.2. The second-order valence-electron chi connectivity index (χ2n) is 6.42. The minimum atomic E-state index is -5.15. The highest BCUT2D eigenvalue weighted by Gasteiger charge is 2.47. The van der Waals surface area contributed by atoms with E-state index in [0.29, 0.717) is 0 Å². The summed E-state index contributed by atoms with van der Waals surface area (Å²) in [5.41, 5.74) is -1.89. The van der Waals surface area contributed by atoms with Crippen molar-refractivity contribution < 1.29 is 43.1 Å². The standard InChI is InChI=1S/C16H18N3O12P/c20-7-11-13(22)14(15(30-11)18-6-5-12(21)17-16(18)23)31-32(26,27)29-8-28-10-3-1-9(2-4-10)19(24)25/h1-6,11,13-15,20,22H,7-8H2,(H,26,27)(H,17,21,23)/p-1/t11-,13-,14-,15-/m1/s1. The number of hydrogen-bond acceptors (Lipinski definition) is 12. The lowest BCUT2D eigenvalue weighted by Crippen LogP contribution is -2.39. The van der Waals surface area contributed by atoms with E-state index in [1.807, 2.05) is 4.98 Å². The Kier molecular flexibility index (Phi) is 7.20. The minimum Gasteiger partial charge on any atom is -0.756 e. The summed E-state index contributed by atoms with van der Waals surface area (Å²) in [6.07, 6.45) is -5.19. The van der Waals surface area contributed by atoms with E-state index in [1.54, 1.807) is 0 Å². The fourth-order valence-electron chi connectivity index (χ4n) is 2.84. The van der Waals surface area contributed by atoms with Gasteiger partial charge in [-0.05, 0) is 12.1 Å². The number of ether oxygens (including phenoxy) is 2. The zero-order chi connectivity index (χ0) is 23.5. The van der Waals surface area contributed by atoms with Crippen LogP contribution in [0.2, 0.25) is 0 Å². The van der Waals surface area contributed by atoms with E-state index in [4.69, 9.17) is 14.0 Å². The number of aliphatic hydroxyl groups is 2. The lowest BCUT2D eigenvalue weighted by atomic mass is 10.1. The number of phosphoric acid groups is 1. The molecule has 16 heteroatoms. The number of rotatable bonds is 9. The van der Waals surface area contributed by atoms with Crippen molar-refractivity contribution in [2.24, 2.45) is 0 Å². The van der Waals surface area contributed by atoms with E-state index in [9.17, 15) is 39.4 Å². The van der Waals surface area contributed by atoms with Crippen LogP contribution in [-0.4, -0.2) is 56.4 Å². The van der Waals surface area contributed by atoms with Crippen molar-refractivity contribution in [3.63, 3.8) is 0 Å². The lowest BCUT2D eigenvalue weighted by Gasteiger charge is -2.29. The number of nitro groups is 1. The van der Waals surface area contributed by atoms with E-state index in [0.717, 1.165) is 29.0 Å².